The molecule has 2 rings (SSSR count). The zero-order chi connectivity index (χ0) is 9.97. The minimum atomic E-state index is 0.925. The van der Waals surface area contributed by atoms with E-state index >= 15 is 0 Å². The summed E-state index contributed by atoms with van der Waals surface area (Å²) < 4.78 is 7.47. The molecule has 2 aromatic rings. The summed E-state index contributed by atoms with van der Waals surface area (Å²) in [6.45, 7) is 3.25. The monoisotopic (exact) mass is 189 g/mol. The normalized spacial score (nSPS) is 10.7. The number of hydrogen-bond donors (Lipinski definition) is 0. The molecule has 0 saturated carbocycles. The van der Waals surface area contributed by atoms with Crippen LogP contribution < -0.4 is 4.74 Å². The van der Waals surface area contributed by atoms with Gasteiger partial charge < -0.3 is 9.30 Å². The standard InChI is InChI=1S/C12H15NO/c1-3-7-13-8-6-10-4-5-11(14-2)9-12(10)13/h4-6,8-9H,3,7H2,1-2H3. The lowest BCUT2D eigenvalue weighted by molar-refractivity contribution is 0.415. The number of methoxy groups -OCH3 is 1. The van der Waals surface area contributed by atoms with Crippen LogP contribution in [0.1, 0.15) is 13.3 Å². The van der Waals surface area contributed by atoms with Gasteiger partial charge in [-0.3, -0.25) is 0 Å². The molecule has 0 bridgehead atoms. The Labute approximate surface area is 84.1 Å². The second-order valence-electron chi connectivity index (χ2n) is 3.43. The van der Waals surface area contributed by atoms with Gasteiger partial charge in [0.05, 0.1) is 12.6 Å². The molecule has 0 spiro atoms. The number of aryl methyl sites for hydroxylation is 1. The molecule has 0 atom stereocenters. The van der Waals surface area contributed by atoms with Crippen molar-refractivity contribution in [3.05, 3.63) is 30.5 Å². The van der Waals surface area contributed by atoms with Crippen molar-refractivity contribution in [1.29, 1.82) is 0 Å². The minimum Gasteiger partial charge on any atom is -0.497 e. The Kier molecular flexibility index (Phi) is 2.44. The molecule has 1 heterocycles. The number of aromatic nitrogens is 1. The molecule has 0 radical (unpaired) electrons. The van der Waals surface area contributed by atoms with Gasteiger partial charge in [0, 0.05) is 18.8 Å². The summed E-state index contributed by atoms with van der Waals surface area (Å²) in [5.74, 6) is 0.925. The molecule has 14 heavy (non-hydrogen) atoms. The van der Waals surface area contributed by atoms with E-state index in [9.17, 15) is 0 Å². The first kappa shape index (κ1) is 9.13. The maximum Gasteiger partial charge on any atom is 0.120 e. The number of fused-ring (bicyclic) bond motifs is 1. The van der Waals surface area contributed by atoms with Crippen molar-refractivity contribution in [3.8, 4) is 5.75 Å². The molecule has 0 unspecified atom stereocenters. The van der Waals surface area contributed by atoms with Crippen LogP contribution in [0, 0.1) is 0 Å². The molecule has 74 valence electrons. The molecular weight excluding hydrogens is 174 g/mol. The van der Waals surface area contributed by atoms with Crippen molar-refractivity contribution >= 4 is 10.9 Å². The summed E-state index contributed by atoms with van der Waals surface area (Å²) >= 11 is 0. The molecule has 0 N–H and O–H groups in total. The molecule has 0 aliphatic carbocycles. The van der Waals surface area contributed by atoms with Crippen LogP contribution in [0.2, 0.25) is 0 Å². The summed E-state index contributed by atoms with van der Waals surface area (Å²) in [6, 6.07) is 8.33. The highest BCUT2D eigenvalue weighted by atomic mass is 16.5. The van der Waals surface area contributed by atoms with E-state index in [2.05, 4.69) is 35.9 Å². The minimum absolute atomic E-state index is 0.925. The zero-order valence-corrected chi connectivity index (χ0v) is 8.66. The molecule has 0 aliphatic rings. The average molecular weight is 189 g/mol. The fourth-order valence-electron chi connectivity index (χ4n) is 1.73. The summed E-state index contributed by atoms with van der Waals surface area (Å²) in [6.07, 6.45) is 3.29. The Morgan fingerprint density at radius 1 is 1.29 bits per heavy atom. The maximum absolute atomic E-state index is 5.21. The van der Waals surface area contributed by atoms with Crippen molar-refractivity contribution < 1.29 is 4.74 Å². The van der Waals surface area contributed by atoms with Gasteiger partial charge in [-0.15, -0.1) is 0 Å². The lowest BCUT2D eigenvalue weighted by Crippen LogP contribution is -1.93. The van der Waals surface area contributed by atoms with E-state index in [0.29, 0.717) is 0 Å². The molecule has 1 aromatic carbocycles. The molecule has 0 aliphatic heterocycles. The van der Waals surface area contributed by atoms with Crippen molar-refractivity contribution in [1.82, 2.24) is 4.57 Å². The van der Waals surface area contributed by atoms with Gasteiger partial charge in [0.25, 0.3) is 0 Å². The van der Waals surface area contributed by atoms with E-state index in [0.717, 1.165) is 18.7 Å². The van der Waals surface area contributed by atoms with Crippen LogP contribution in [0.4, 0.5) is 0 Å². The smallest absolute Gasteiger partial charge is 0.120 e. The number of ether oxygens (including phenoxy) is 1. The molecule has 2 heteroatoms. The summed E-state index contributed by atoms with van der Waals surface area (Å²) in [4.78, 5) is 0. The fourth-order valence-corrected chi connectivity index (χ4v) is 1.73. The Morgan fingerprint density at radius 3 is 2.86 bits per heavy atom. The first-order valence-electron chi connectivity index (χ1n) is 4.98. The van der Waals surface area contributed by atoms with Crippen LogP contribution in [0.15, 0.2) is 30.5 Å². The van der Waals surface area contributed by atoms with Crippen molar-refractivity contribution in [2.45, 2.75) is 19.9 Å². The zero-order valence-electron chi connectivity index (χ0n) is 8.66. The molecule has 0 fully saturated rings. The number of nitrogens with zero attached hydrogens (tertiary/aromatic N) is 1. The third-order valence-corrected chi connectivity index (χ3v) is 2.45. The Hall–Kier alpha value is -1.44. The van der Waals surface area contributed by atoms with Crippen LogP contribution >= 0.6 is 0 Å². The summed E-state index contributed by atoms with van der Waals surface area (Å²) in [5, 5.41) is 1.28. The first-order valence-corrected chi connectivity index (χ1v) is 4.98. The Bertz CT molecular complexity index is 431. The third-order valence-electron chi connectivity index (χ3n) is 2.45. The van der Waals surface area contributed by atoms with E-state index < -0.39 is 0 Å². The van der Waals surface area contributed by atoms with Crippen molar-refractivity contribution in [2.24, 2.45) is 0 Å². The quantitative estimate of drug-likeness (QED) is 0.723. The highest BCUT2D eigenvalue weighted by Gasteiger charge is 2.01. The van der Waals surface area contributed by atoms with E-state index in [1.54, 1.807) is 7.11 Å². The van der Waals surface area contributed by atoms with Gasteiger partial charge in [-0.05, 0) is 30.0 Å². The maximum atomic E-state index is 5.21. The lowest BCUT2D eigenvalue weighted by Gasteiger charge is -2.04. The largest absolute Gasteiger partial charge is 0.497 e. The molecule has 0 saturated heterocycles. The fraction of sp³-hybridized carbons (Fsp3) is 0.333. The second kappa shape index (κ2) is 3.74. The Balaban J connectivity index is 2.52. The predicted molar refractivity (Wildman–Crippen MR) is 58.8 cm³/mol. The SMILES string of the molecule is CCCn1ccc2ccc(OC)cc21. The van der Waals surface area contributed by atoms with Crippen molar-refractivity contribution in [3.63, 3.8) is 0 Å². The molecule has 0 amide bonds. The van der Waals surface area contributed by atoms with Gasteiger partial charge in [0.15, 0.2) is 0 Å². The van der Waals surface area contributed by atoms with Gasteiger partial charge in [-0.1, -0.05) is 6.92 Å². The topological polar surface area (TPSA) is 14.2 Å². The average Bonchev–Trinajstić information content (AvgIpc) is 2.61. The van der Waals surface area contributed by atoms with Gasteiger partial charge in [-0.2, -0.15) is 0 Å². The van der Waals surface area contributed by atoms with Crippen LogP contribution in [-0.2, 0) is 6.54 Å². The van der Waals surface area contributed by atoms with Crippen molar-refractivity contribution in [2.75, 3.05) is 7.11 Å². The molecular formula is C12H15NO. The number of benzene rings is 1. The van der Waals surface area contributed by atoms with E-state index in [1.807, 2.05) is 6.07 Å². The van der Waals surface area contributed by atoms with Crippen LogP contribution in [-0.4, -0.2) is 11.7 Å². The number of hydrogen-bond acceptors (Lipinski definition) is 1. The van der Waals surface area contributed by atoms with Gasteiger partial charge in [-0.25, -0.2) is 0 Å². The Morgan fingerprint density at radius 2 is 2.14 bits per heavy atom. The number of rotatable bonds is 3. The van der Waals surface area contributed by atoms with Gasteiger partial charge in [0.2, 0.25) is 0 Å². The highest BCUT2D eigenvalue weighted by molar-refractivity contribution is 5.81. The lowest BCUT2D eigenvalue weighted by atomic mass is 10.2. The summed E-state index contributed by atoms with van der Waals surface area (Å²) in [5.41, 5.74) is 1.26. The van der Waals surface area contributed by atoms with E-state index in [-0.39, 0.29) is 0 Å². The second-order valence-corrected chi connectivity index (χ2v) is 3.43. The van der Waals surface area contributed by atoms with E-state index in [4.69, 9.17) is 4.74 Å². The summed E-state index contributed by atoms with van der Waals surface area (Å²) in [7, 11) is 1.70. The van der Waals surface area contributed by atoms with E-state index in [1.165, 1.54) is 10.9 Å². The van der Waals surface area contributed by atoms with Crippen LogP contribution in [0.25, 0.3) is 10.9 Å². The van der Waals surface area contributed by atoms with Crippen LogP contribution in [0.5, 0.6) is 5.75 Å². The molecule has 2 nitrogen and oxygen atoms in total. The third kappa shape index (κ3) is 1.48. The van der Waals surface area contributed by atoms with Gasteiger partial charge >= 0.3 is 0 Å². The first-order chi connectivity index (χ1) is 6.85. The highest BCUT2D eigenvalue weighted by Crippen LogP contribution is 2.21. The van der Waals surface area contributed by atoms with Crippen LogP contribution in [0.3, 0.4) is 0 Å². The molecule has 1 aromatic heterocycles. The predicted octanol–water partition coefficient (Wildman–Crippen LogP) is 3.06. The van der Waals surface area contributed by atoms with Gasteiger partial charge in [0.1, 0.15) is 5.75 Å².